The van der Waals surface area contributed by atoms with Crippen LogP contribution < -0.4 is 0 Å². The molecule has 12 nitrogen and oxygen atoms in total. The van der Waals surface area contributed by atoms with Gasteiger partial charge in [0.25, 0.3) is 11.8 Å². The van der Waals surface area contributed by atoms with Crippen molar-refractivity contribution in [2.75, 3.05) is 13.1 Å². The lowest BCUT2D eigenvalue weighted by Crippen LogP contribution is -2.36. The first-order valence-corrected chi connectivity index (χ1v) is 18.9. The lowest BCUT2D eigenvalue weighted by Gasteiger charge is -2.27. The number of hydrogen-bond donors (Lipinski definition) is 1. The fraction of sp³-hybridized carbons (Fsp3) is 0.297. The molecule has 16 heteroatoms. The molecule has 10 rings (SSSR count). The number of benzene rings is 2. The highest BCUT2D eigenvalue weighted by atomic mass is 35.5. The highest BCUT2D eigenvalue weighted by Crippen LogP contribution is 2.37. The molecule has 2 aromatic carbocycles. The molecule has 0 bridgehead atoms. The van der Waals surface area contributed by atoms with Gasteiger partial charge in [-0.1, -0.05) is 46.4 Å². The molecule has 6 aromatic rings. The summed E-state index contributed by atoms with van der Waals surface area (Å²) < 4.78 is 5.94. The summed E-state index contributed by atoms with van der Waals surface area (Å²) in [6.45, 7) is 4.02. The Bertz CT molecular complexity index is 2460. The fourth-order valence-corrected chi connectivity index (χ4v) is 8.37. The molecule has 0 saturated carbocycles. The van der Waals surface area contributed by atoms with Crippen LogP contribution in [0.25, 0.3) is 22.8 Å². The van der Waals surface area contributed by atoms with Gasteiger partial charge in [-0.3, -0.25) is 28.7 Å². The number of nitrogens with one attached hydrogen (secondary N) is 1. The van der Waals surface area contributed by atoms with E-state index in [1.54, 1.807) is 36.4 Å². The van der Waals surface area contributed by atoms with E-state index in [1.165, 1.54) is 11.1 Å². The lowest BCUT2D eigenvalue weighted by atomic mass is 9.99. The van der Waals surface area contributed by atoms with Crippen molar-refractivity contribution < 1.29 is 9.59 Å². The second-order valence-electron chi connectivity index (χ2n) is 13.7. The Hall–Kier alpha value is -4.62. The summed E-state index contributed by atoms with van der Waals surface area (Å²) >= 11 is 24.1. The molecular weight excluding hydrogens is 758 g/mol. The number of nitrogens with zero attached hydrogens (tertiary/aromatic N) is 9. The van der Waals surface area contributed by atoms with Crippen molar-refractivity contribution in [3.63, 3.8) is 0 Å². The number of aryl methyl sites for hydroxylation is 5. The molecule has 0 fully saturated rings. The Labute approximate surface area is 324 Å². The normalized spacial score (nSPS) is 15.3. The molecule has 0 aliphatic carbocycles. The zero-order chi connectivity index (χ0) is 36.5. The average Bonchev–Trinajstić information content (AvgIpc) is 3.95. The number of H-pyrrole nitrogens is 1. The van der Waals surface area contributed by atoms with Crippen molar-refractivity contribution in [3.8, 4) is 22.8 Å². The van der Waals surface area contributed by atoms with Crippen LogP contribution in [-0.2, 0) is 58.9 Å². The Morgan fingerprint density at radius 3 is 1.79 bits per heavy atom. The van der Waals surface area contributed by atoms with Gasteiger partial charge in [0.15, 0.2) is 0 Å². The maximum absolute atomic E-state index is 13.0. The minimum atomic E-state index is -0.0465. The van der Waals surface area contributed by atoms with Crippen molar-refractivity contribution in [2.45, 2.75) is 51.9 Å². The summed E-state index contributed by atoms with van der Waals surface area (Å²) in [6.07, 6.45) is 7.28. The zero-order valence-corrected chi connectivity index (χ0v) is 31.6. The van der Waals surface area contributed by atoms with Crippen LogP contribution in [0.2, 0.25) is 20.1 Å². The molecule has 270 valence electrons. The van der Waals surface area contributed by atoms with Gasteiger partial charge < -0.3 is 9.80 Å². The van der Waals surface area contributed by atoms with Gasteiger partial charge in [-0.25, -0.2) is 0 Å². The SMILES string of the molecule is Cn1cc2c(n1)-c1c3c(nn1CC2)CCN(C(=O)c1ccc(Cl)c(Cl)c1)C3.O=C(c1ccc(Cl)c(Cl)c1)N1CCc2nn3c(c2C1)-c1[nH]ncc1CC3. The molecule has 53 heavy (non-hydrogen) atoms. The lowest BCUT2D eigenvalue weighted by molar-refractivity contribution is 0.0727. The van der Waals surface area contributed by atoms with Gasteiger partial charge in [-0.05, 0) is 49.2 Å². The Morgan fingerprint density at radius 1 is 0.660 bits per heavy atom. The predicted octanol–water partition coefficient (Wildman–Crippen LogP) is 6.68. The number of amides is 2. The molecule has 0 spiro atoms. The van der Waals surface area contributed by atoms with Gasteiger partial charge in [0.05, 0.1) is 67.8 Å². The highest BCUT2D eigenvalue weighted by Gasteiger charge is 2.33. The van der Waals surface area contributed by atoms with Gasteiger partial charge in [0, 0.05) is 85.6 Å². The summed E-state index contributed by atoms with van der Waals surface area (Å²) in [7, 11) is 1.94. The van der Waals surface area contributed by atoms with E-state index in [0.29, 0.717) is 57.4 Å². The number of carbonyl (C=O) groups is 2. The molecular formula is C37H32Cl4N10O2. The maximum atomic E-state index is 13.0. The van der Waals surface area contributed by atoms with E-state index in [4.69, 9.17) is 56.6 Å². The quantitative estimate of drug-likeness (QED) is 0.209. The van der Waals surface area contributed by atoms with Crippen LogP contribution in [0.1, 0.15) is 54.4 Å². The van der Waals surface area contributed by atoms with Gasteiger partial charge >= 0.3 is 0 Å². The van der Waals surface area contributed by atoms with E-state index in [-0.39, 0.29) is 11.8 Å². The van der Waals surface area contributed by atoms with E-state index in [1.807, 2.05) is 37.1 Å². The third-order valence-corrected chi connectivity index (χ3v) is 11.9. The third-order valence-electron chi connectivity index (χ3n) is 10.4. The van der Waals surface area contributed by atoms with Crippen molar-refractivity contribution in [2.24, 2.45) is 7.05 Å². The van der Waals surface area contributed by atoms with Crippen molar-refractivity contribution in [1.29, 1.82) is 0 Å². The first-order chi connectivity index (χ1) is 25.6. The topological polar surface area (TPSA) is 123 Å². The zero-order valence-electron chi connectivity index (χ0n) is 28.5. The van der Waals surface area contributed by atoms with Gasteiger partial charge in [0.2, 0.25) is 0 Å². The molecule has 4 aliphatic heterocycles. The second kappa shape index (κ2) is 13.3. The van der Waals surface area contributed by atoms with E-state index >= 15 is 0 Å². The highest BCUT2D eigenvalue weighted by molar-refractivity contribution is 6.42. The minimum absolute atomic E-state index is 0.0452. The molecule has 4 aromatic heterocycles. The Morgan fingerprint density at radius 2 is 1.21 bits per heavy atom. The van der Waals surface area contributed by atoms with Gasteiger partial charge in [-0.2, -0.15) is 20.4 Å². The van der Waals surface area contributed by atoms with E-state index < -0.39 is 0 Å². The van der Waals surface area contributed by atoms with Crippen LogP contribution in [0, 0.1) is 0 Å². The smallest absolute Gasteiger partial charge is 0.254 e. The van der Waals surface area contributed by atoms with Crippen molar-refractivity contribution in [3.05, 3.63) is 114 Å². The van der Waals surface area contributed by atoms with Crippen LogP contribution in [-0.4, -0.2) is 74.2 Å². The summed E-state index contributed by atoms with van der Waals surface area (Å²) in [6, 6.07) is 10.0. The molecule has 0 saturated heterocycles. The molecule has 0 radical (unpaired) electrons. The summed E-state index contributed by atoms with van der Waals surface area (Å²) in [5.41, 5.74) is 12.0. The third kappa shape index (κ3) is 6.01. The Kier molecular flexibility index (Phi) is 8.61. The molecule has 4 aliphatic rings. The van der Waals surface area contributed by atoms with Crippen LogP contribution in [0.3, 0.4) is 0 Å². The van der Waals surface area contributed by atoms with Crippen LogP contribution in [0.15, 0.2) is 48.8 Å². The molecule has 8 heterocycles. The van der Waals surface area contributed by atoms with Crippen LogP contribution >= 0.6 is 46.4 Å². The number of hydrogen-bond acceptors (Lipinski definition) is 6. The Balaban J connectivity index is 0.000000141. The number of rotatable bonds is 2. The largest absolute Gasteiger partial charge is 0.334 e. The van der Waals surface area contributed by atoms with Crippen LogP contribution in [0.5, 0.6) is 0 Å². The van der Waals surface area contributed by atoms with E-state index in [2.05, 4.69) is 21.5 Å². The minimum Gasteiger partial charge on any atom is -0.334 e. The number of fused-ring (bicyclic) bond motifs is 10. The standard InChI is InChI=1S/C19H17Cl2N5O.C18H15Cl2N5O/c1-24-9-12-4-7-26-18(17(12)23-24)13-10-25(6-5-16(13)22-26)19(27)11-2-3-14(20)15(21)8-11;19-13-2-1-10(7-14(13)20)18(26)24-5-4-15-12(9-24)17-16-11(8-21-22-16)3-6-25(17)23-15/h2-3,8-9H,4-7,10H2,1H3;1-2,7-8H,3-6,9H2,(H,21,22). The van der Waals surface area contributed by atoms with E-state index in [9.17, 15) is 9.59 Å². The number of halogens is 4. The maximum Gasteiger partial charge on any atom is 0.254 e. The van der Waals surface area contributed by atoms with Crippen molar-refractivity contribution in [1.82, 2.24) is 49.3 Å². The molecule has 0 unspecified atom stereocenters. The van der Waals surface area contributed by atoms with Gasteiger partial charge in [0.1, 0.15) is 5.69 Å². The molecule has 0 atom stereocenters. The summed E-state index contributed by atoms with van der Waals surface area (Å²) in [5, 5.41) is 23.1. The molecule has 2 amide bonds. The summed E-state index contributed by atoms with van der Waals surface area (Å²) in [4.78, 5) is 29.6. The van der Waals surface area contributed by atoms with Gasteiger partial charge in [-0.15, -0.1) is 0 Å². The first kappa shape index (κ1) is 34.2. The van der Waals surface area contributed by atoms with Crippen LogP contribution in [0.4, 0.5) is 0 Å². The number of aromatic nitrogens is 8. The fourth-order valence-electron chi connectivity index (χ4n) is 7.77. The number of carbonyl (C=O) groups excluding carboxylic acids is 2. The second-order valence-corrected chi connectivity index (χ2v) is 15.3. The summed E-state index contributed by atoms with van der Waals surface area (Å²) in [5.74, 6) is -0.0916. The first-order valence-electron chi connectivity index (χ1n) is 17.3. The van der Waals surface area contributed by atoms with E-state index in [0.717, 1.165) is 84.1 Å². The predicted molar refractivity (Wildman–Crippen MR) is 201 cm³/mol. The molecule has 1 N–H and O–H groups in total. The van der Waals surface area contributed by atoms with Crippen molar-refractivity contribution >= 4 is 58.2 Å². The average molecular weight is 791 g/mol. The number of aromatic amines is 1. The monoisotopic (exact) mass is 788 g/mol.